The molecule has 1 atom stereocenters. The van der Waals surface area contributed by atoms with Crippen molar-refractivity contribution in [1.29, 1.82) is 0 Å². The maximum Gasteiger partial charge on any atom is 0.260 e. The molecule has 1 aromatic rings. The minimum atomic E-state index is -0.582. The quantitative estimate of drug-likeness (QED) is 0.788. The summed E-state index contributed by atoms with van der Waals surface area (Å²) in [6.45, 7) is 5.81. The molecule has 4 nitrogen and oxygen atoms in total. The number of anilines is 1. The van der Waals surface area contributed by atoms with Gasteiger partial charge in [-0.25, -0.2) is 0 Å². The molecule has 3 N–H and O–H groups in total. The Labute approximate surface area is 122 Å². The summed E-state index contributed by atoms with van der Waals surface area (Å²) in [4.78, 5) is 12.0. The van der Waals surface area contributed by atoms with Crippen molar-refractivity contribution in [2.75, 3.05) is 5.73 Å². The third-order valence-corrected chi connectivity index (χ3v) is 3.62. The Kier molecular flexibility index (Phi) is 6.15. The van der Waals surface area contributed by atoms with Crippen molar-refractivity contribution in [1.82, 2.24) is 5.32 Å². The highest BCUT2D eigenvalue weighted by atomic mass is 79.9. The normalized spacial score (nSPS) is 12.3. The van der Waals surface area contributed by atoms with Crippen LogP contribution in [0.2, 0.25) is 0 Å². The van der Waals surface area contributed by atoms with E-state index in [4.69, 9.17) is 10.5 Å². The molecule has 0 aliphatic carbocycles. The fourth-order valence-electron chi connectivity index (χ4n) is 1.69. The van der Waals surface area contributed by atoms with Crippen LogP contribution in [0.1, 0.15) is 33.6 Å². The lowest BCUT2D eigenvalue weighted by Gasteiger charge is -2.20. The summed E-state index contributed by atoms with van der Waals surface area (Å²) in [5.41, 5.74) is 6.35. The Balaban J connectivity index is 2.69. The van der Waals surface area contributed by atoms with E-state index >= 15 is 0 Å². The number of carbonyl (C=O) groups excluding carboxylic acids is 1. The van der Waals surface area contributed by atoms with E-state index in [0.29, 0.717) is 11.4 Å². The van der Waals surface area contributed by atoms with Crippen molar-refractivity contribution in [2.24, 2.45) is 0 Å². The van der Waals surface area contributed by atoms with Gasteiger partial charge in [0.15, 0.2) is 11.9 Å². The lowest BCUT2D eigenvalue weighted by molar-refractivity contribution is -0.128. The van der Waals surface area contributed by atoms with Crippen LogP contribution in [0.5, 0.6) is 5.75 Å². The first-order chi connectivity index (χ1) is 8.99. The fourth-order valence-corrected chi connectivity index (χ4v) is 2.17. The van der Waals surface area contributed by atoms with E-state index in [0.717, 1.165) is 17.3 Å². The topological polar surface area (TPSA) is 64.3 Å². The number of nitrogens with two attached hydrogens (primary N) is 1. The Morgan fingerprint density at radius 1 is 1.42 bits per heavy atom. The van der Waals surface area contributed by atoms with Gasteiger partial charge < -0.3 is 15.8 Å². The van der Waals surface area contributed by atoms with Gasteiger partial charge in [-0.1, -0.05) is 19.9 Å². The zero-order valence-corrected chi connectivity index (χ0v) is 13.2. The smallest absolute Gasteiger partial charge is 0.260 e. The molecule has 106 valence electrons. The van der Waals surface area contributed by atoms with Crippen LogP contribution < -0.4 is 15.8 Å². The molecule has 1 amide bonds. The molecule has 19 heavy (non-hydrogen) atoms. The molecule has 0 spiro atoms. The van der Waals surface area contributed by atoms with E-state index in [-0.39, 0.29) is 11.9 Å². The highest BCUT2D eigenvalue weighted by Crippen LogP contribution is 2.31. The number of para-hydroxylation sites is 1. The van der Waals surface area contributed by atoms with Gasteiger partial charge in [-0.3, -0.25) is 4.79 Å². The highest BCUT2D eigenvalue weighted by Gasteiger charge is 2.19. The van der Waals surface area contributed by atoms with Crippen LogP contribution in [0.25, 0.3) is 0 Å². The average Bonchev–Trinajstić information content (AvgIpc) is 2.39. The van der Waals surface area contributed by atoms with Crippen molar-refractivity contribution in [3.8, 4) is 5.75 Å². The predicted octanol–water partition coefficient (Wildman–Crippen LogP) is 3.10. The molecule has 0 aliphatic rings. The van der Waals surface area contributed by atoms with Crippen molar-refractivity contribution < 1.29 is 9.53 Å². The Hall–Kier alpha value is -1.23. The van der Waals surface area contributed by atoms with Crippen LogP contribution in [0, 0.1) is 0 Å². The van der Waals surface area contributed by atoms with E-state index in [1.165, 1.54) is 0 Å². The number of benzene rings is 1. The van der Waals surface area contributed by atoms with Crippen LogP contribution in [-0.4, -0.2) is 18.1 Å². The van der Waals surface area contributed by atoms with Gasteiger partial charge in [0.05, 0.1) is 10.2 Å². The van der Waals surface area contributed by atoms with Gasteiger partial charge in [0, 0.05) is 6.04 Å². The summed E-state index contributed by atoms with van der Waals surface area (Å²) >= 11 is 3.37. The van der Waals surface area contributed by atoms with Crippen LogP contribution in [-0.2, 0) is 4.79 Å². The lowest BCUT2D eigenvalue weighted by Crippen LogP contribution is -2.42. The van der Waals surface area contributed by atoms with E-state index < -0.39 is 6.10 Å². The fraction of sp³-hybridized carbons (Fsp3) is 0.500. The van der Waals surface area contributed by atoms with E-state index in [1.54, 1.807) is 13.0 Å². The second-order valence-electron chi connectivity index (χ2n) is 4.44. The zero-order chi connectivity index (χ0) is 14.4. The van der Waals surface area contributed by atoms with Gasteiger partial charge in [0.2, 0.25) is 0 Å². The number of rotatable bonds is 6. The van der Waals surface area contributed by atoms with Crippen molar-refractivity contribution in [2.45, 2.75) is 45.8 Å². The number of hydrogen-bond donors (Lipinski definition) is 2. The Bertz CT molecular complexity index is 413. The van der Waals surface area contributed by atoms with Crippen LogP contribution in [0.4, 0.5) is 5.69 Å². The van der Waals surface area contributed by atoms with Crippen molar-refractivity contribution >= 4 is 27.5 Å². The van der Waals surface area contributed by atoms with Crippen LogP contribution >= 0.6 is 15.9 Å². The van der Waals surface area contributed by atoms with Crippen LogP contribution in [0.15, 0.2) is 22.7 Å². The third kappa shape index (κ3) is 4.42. The van der Waals surface area contributed by atoms with Gasteiger partial charge in [-0.15, -0.1) is 0 Å². The molecule has 1 unspecified atom stereocenters. The number of hydrogen-bond acceptors (Lipinski definition) is 3. The van der Waals surface area contributed by atoms with Gasteiger partial charge in [-0.2, -0.15) is 0 Å². The minimum Gasteiger partial charge on any atom is -0.478 e. The summed E-state index contributed by atoms with van der Waals surface area (Å²) in [7, 11) is 0. The lowest BCUT2D eigenvalue weighted by atomic mass is 10.1. The molecule has 1 rings (SSSR count). The number of nitrogen functional groups attached to an aromatic ring is 1. The van der Waals surface area contributed by atoms with Gasteiger partial charge in [0.1, 0.15) is 0 Å². The van der Waals surface area contributed by atoms with Crippen molar-refractivity contribution in [3.05, 3.63) is 22.7 Å². The van der Waals surface area contributed by atoms with E-state index in [9.17, 15) is 4.79 Å². The molecule has 0 aliphatic heterocycles. The highest BCUT2D eigenvalue weighted by molar-refractivity contribution is 9.10. The van der Waals surface area contributed by atoms with Gasteiger partial charge >= 0.3 is 0 Å². The van der Waals surface area contributed by atoms with Gasteiger partial charge in [0.25, 0.3) is 5.91 Å². The molecular formula is C14H21BrN2O2. The number of halogens is 1. The first-order valence-corrected chi connectivity index (χ1v) is 7.29. The molecule has 1 aromatic carbocycles. The first-order valence-electron chi connectivity index (χ1n) is 6.50. The zero-order valence-electron chi connectivity index (χ0n) is 11.6. The largest absolute Gasteiger partial charge is 0.478 e. The number of amides is 1. The minimum absolute atomic E-state index is 0.121. The monoisotopic (exact) mass is 328 g/mol. The molecule has 0 saturated heterocycles. The number of carbonyl (C=O) groups is 1. The average molecular weight is 329 g/mol. The predicted molar refractivity (Wildman–Crippen MR) is 81.2 cm³/mol. The van der Waals surface area contributed by atoms with Crippen LogP contribution in [0.3, 0.4) is 0 Å². The first kappa shape index (κ1) is 15.8. The Morgan fingerprint density at radius 3 is 2.58 bits per heavy atom. The summed E-state index contributed by atoms with van der Waals surface area (Å²) in [5, 5.41) is 2.96. The summed E-state index contributed by atoms with van der Waals surface area (Å²) in [5.74, 6) is 0.388. The molecule has 0 radical (unpaired) electrons. The second-order valence-corrected chi connectivity index (χ2v) is 5.29. The maximum atomic E-state index is 12.0. The Morgan fingerprint density at radius 2 is 2.05 bits per heavy atom. The molecule has 0 fully saturated rings. The van der Waals surface area contributed by atoms with Gasteiger partial charge in [-0.05, 0) is 47.8 Å². The van der Waals surface area contributed by atoms with E-state index in [1.807, 2.05) is 26.0 Å². The maximum absolute atomic E-state index is 12.0. The standard InChI is InChI=1S/C14H21BrN2O2/c1-4-10(5-2)17-14(18)9(3)19-13-11(15)7-6-8-12(13)16/h6-10H,4-5,16H2,1-3H3,(H,17,18). The summed E-state index contributed by atoms with van der Waals surface area (Å²) in [6.07, 6.45) is 1.24. The SMILES string of the molecule is CCC(CC)NC(=O)C(C)Oc1c(N)cccc1Br. The molecule has 0 aromatic heterocycles. The summed E-state index contributed by atoms with van der Waals surface area (Å²) in [6, 6.07) is 5.58. The number of ether oxygens (including phenoxy) is 1. The molecule has 0 saturated carbocycles. The summed E-state index contributed by atoms with van der Waals surface area (Å²) < 4.78 is 6.39. The number of nitrogens with one attached hydrogen (secondary N) is 1. The molecule has 5 heteroatoms. The van der Waals surface area contributed by atoms with E-state index in [2.05, 4.69) is 21.2 Å². The molecule has 0 bridgehead atoms. The third-order valence-electron chi connectivity index (χ3n) is 2.99. The van der Waals surface area contributed by atoms with Crippen molar-refractivity contribution in [3.63, 3.8) is 0 Å². The second kappa shape index (κ2) is 7.38. The molecule has 0 heterocycles. The molecular weight excluding hydrogens is 308 g/mol.